The van der Waals surface area contributed by atoms with Gasteiger partial charge in [0.1, 0.15) is 6.42 Å². The van der Waals surface area contributed by atoms with E-state index in [2.05, 4.69) is 36.7 Å². The van der Waals surface area contributed by atoms with Crippen LogP contribution >= 0.6 is 0 Å². The normalized spacial score (nSPS) is 19.0. The summed E-state index contributed by atoms with van der Waals surface area (Å²) in [5.74, 6) is -0.0995. The van der Waals surface area contributed by atoms with Crippen molar-refractivity contribution >= 4 is 13.2 Å². The molecule has 1 aliphatic rings. The maximum atomic E-state index is 11.6. The van der Waals surface area contributed by atoms with Gasteiger partial charge in [-0.15, -0.1) is 0 Å². The molecule has 3 nitrogen and oxygen atoms in total. The van der Waals surface area contributed by atoms with Crippen LogP contribution in [0.3, 0.4) is 0 Å². The Morgan fingerprint density at radius 1 is 1.36 bits per heavy atom. The minimum Gasteiger partial charge on any atom is -0.466 e. The fraction of sp³-hybridized carbons (Fsp3) is 0.571. The molecule has 1 atom stereocenters. The van der Waals surface area contributed by atoms with Gasteiger partial charge in [-0.25, -0.2) is 0 Å². The van der Waals surface area contributed by atoms with Crippen molar-refractivity contribution in [1.29, 1.82) is 0 Å². The first-order valence-corrected chi connectivity index (χ1v) is 7.08. The van der Waals surface area contributed by atoms with E-state index in [0.717, 1.165) is 6.42 Å². The summed E-state index contributed by atoms with van der Waals surface area (Å²) >= 11 is 0. The highest BCUT2D eigenvalue weighted by Gasteiger charge is 2.44. The van der Waals surface area contributed by atoms with E-state index in [1.54, 1.807) is 0 Å². The highest BCUT2D eigenvalue weighted by molar-refractivity contribution is 6.50. The average molecular weight is 321 g/mol. The van der Waals surface area contributed by atoms with E-state index in [4.69, 9.17) is 4.74 Å². The van der Waals surface area contributed by atoms with Crippen molar-refractivity contribution in [3.8, 4) is 0 Å². The second-order valence-electron chi connectivity index (χ2n) is 5.74. The number of carbonyl (C=O) groups is 1. The van der Waals surface area contributed by atoms with Gasteiger partial charge >= 0.3 is 13.2 Å². The Bertz CT molecular complexity index is 514. The average Bonchev–Trinajstić information content (AvgIpc) is 2.60. The van der Waals surface area contributed by atoms with Gasteiger partial charge in [0, 0.05) is 18.6 Å². The molecule has 1 aromatic rings. The second kappa shape index (κ2) is 7.11. The Balaban J connectivity index is 0.000000422. The van der Waals surface area contributed by atoms with Crippen molar-refractivity contribution in [1.82, 2.24) is 0 Å². The molecule has 0 bridgehead atoms. The predicted octanol–water partition coefficient (Wildman–Crippen LogP) is 3.45. The molecule has 2 heterocycles. The van der Waals surface area contributed by atoms with Gasteiger partial charge in [0.05, 0.1) is 12.0 Å². The Hall–Kier alpha value is -1.60. The standard InChI is InChI=1S/C14H20NO2.BF4/c1-4-17-13(16)9-11-10-14(2,3)12-7-5-6-8-15(11)12;2-1(3,4)5/h5-8,11H,4,9-10H2,1-3H3;/q+1;-1. The van der Waals surface area contributed by atoms with Crippen molar-refractivity contribution in [2.45, 2.75) is 45.1 Å². The minimum atomic E-state index is -6.00. The Morgan fingerprint density at radius 2 is 1.95 bits per heavy atom. The number of fused-ring (bicyclic) bond motifs is 1. The van der Waals surface area contributed by atoms with Crippen LogP contribution in [0.15, 0.2) is 24.4 Å². The number of aromatic nitrogens is 1. The number of carbonyl (C=O) groups excluding carboxylic acids is 1. The van der Waals surface area contributed by atoms with E-state index in [1.165, 1.54) is 5.69 Å². The molecule has 0 N–H and O–H groups in total. The van der Waals surface area contributed by atoms with Gasteiger partial charge in [-0.1, -0.05) is 6.07 Å². The molecule has 0 saturated heterocycles. The summed E-state index contributed by atoms with van der Waals surface area (Å²) in [6, 6.07) is 6.45. The van der Waals surface area contributed by atoms with E-state index in [0.29, 0.717) is 13.0 Å². The lowest BCUT2D eigenvalue weighted by Crippen LogP contribution is -2.39. The molecular formula is C14H20BF4NO2. The molecule has 22 heavy (non-hydrogen) atoms. The fourth-order valence-electron chi connectivity index (χ4n) is 2.72. The van der Waals surface area contributed by atoms with Crippen LogP contribution in [-0.4, -0.2) is 19.8 Å². The Morgan fingerprint density at radius 3 is 2.50 bits per heavy atom. The quantitative estimate of drug-likeness (QED) is 0.369. The molecule has 0 spiro atoms. The zero-order valence-corrected chi connectivity index (χ0v) is 12.9. The summed E-state index contributed by atoms with van der Waals surface area (Å²) in [6.07, 6.45) is 3.53. The van der Waals surface area contributed by atoms with Gasteiger partial charge < -0.3 is 22.0 Å². The summed E-state index contributed by atoms with van der Waals surface area (Å²) in [4.78, 5) is 11.6. The third kappa shape index (κ3) is 5.65. The van der Waals surface area contributed by atoms with Crippen molar-refractivity contribution in [2.75, 3.05) is 6.61 Å². The number of rotatable bonds is 3. The van der Waals surface area contributed by atoms with Crippen LogP contribution in [0.25, 0.3) is 0 Å². The molecule has 0 fully saturated rings. The van der Waals surface area contributed by atoms with Crippen LogP contribution in [0, 0.1) is 0 Å². The maximum Gasteiger partial charge on any atom is 0.673 e. The topological polar surface area (TPSA) is 30.2 Å². The van der Waals surface area contributed by atoms with E-state index < -0.39 is 7.25 Å². The lowest BCUT2D eigenvalue weighted by Gasteiger charge is -2.11. The molecule has 8 heteroatoms. The van der Waals surface area contributed by atoms with Crippen LogP contribution in [0.5, 0.6) is 0 Å². The van der Waals surface area contributed by atoms with Crippen molar-refractivity contribution < 1.29 is 31.4 Å². The smallest absolute Gasteiger partial charge is 0.466 e. The van der Waals surface area contributed by atoms with E-state index in [-0.39, 0.29) is 17.4 Å². The van der Waals surface area contributed by atoms with E-state index in [9.17, 15) is 22.1 Å². The number of ether oxygens (including phenoxy) is 1. The van der Waals surface area contributed by atoms with Crippen LogP contribution in [0.1, 0.15) is 45.3 Å². The fourth-order valence-corrected chi connectivity index (χ4v) is 2.72. The SMILES string of the molecule is CCOC(=O)CC1CC(C)(C)c2cccc[n+]21.F[B-](F)(F)F. The summed E-state index contributed by atoms with van der Waals surface area (Å²) < 4.78 is 46.3. The van der Waals surface area contributed by atoms with Gasteiger partial charge in [0.25, 0.3) is 0 Å². The van der Waals surface area contributed by atoms with Crippen molar-refractivity contribution in [3.05, 3.63) is 30.1 Å². The molecular weight excluding hydrogens is 301 g/mol. The van der Waals surface area contributed by atoms with Gasteiger partial charge in [-0.2, -0.15) is 4.57 Å². The van der Waals surface area contributed by atoms with Crippen LogP contribution < -0.4 is 4.57 Å². The summed E-state index contributed by atoms with van der Waals surface area (Å²) in [5, 5.41) is 0. The molecule has 124 valence electrons. The number of hydrogen-bond acceptors (Lipinski definition) is 2. The molecule has 1 unspecified atom stereocenters. The highest BCUT2D eigenvalue weighted by Crippen LogP contribution is 2.36. The monoisotopic (exact) mass is 321 g/mol. The Labute approximate surface area is 127 Å². The third-order valence-corrected chi connectivity index (χ3v) is 3.43. The van der Waals surface area contributed by atoms with Crippen LogP contribution in [0.4, 0.5) is 17.3 Å². The summed E-state index contributed by atoms with van der Waals surface area (Å²) in [7, 11) is -6.00. The third-order valence-electron chi connectivity index (χ3n) is 3.43. The highest BCUT2D eigenvalue weighted by atomic mass is 19.5. The summed E-state index contributed by atoms with van der Waals surface area (Å²) in [6.45, 7) is 6.76. The lowest BCUT2D eigenvalue weighted by atomic mass is 9.86. The van der Waals surface area contributed by atoms with E-state index >= 15 is 0 Å². The molecule has 1 aromatic heterocycles. The van der Waals surface area contributed by atoms with Crippen LogP contribution in [-0.2, 0) is 14.9 Å². The number of pyridine rings is 1. The van der Waals surface area contributed by atoms with Crippen molar-refractivity contribution in [2.24, 2.45) is 0 Å². The van der Waals surface area contributed by atoms with Gasteiger partial charge in [-0.05, 0) is 20.8 Å². The molecule has 0 radical (unpaired) electrons. The van der Waals surface area contributed by atoms with E-state index in [1.807, 2.05) is 13.0 Å². The number of esters is 1. The summed E-state index contributed by atoms with van der Waals surface area (Å²) in [5.41, 5.74) is 1.44. The molecule has 0 amide bonds. The largest absolute Gasteiger partial charge is 0.673 e. The molecule has 0 aromatic carbocycles. The number of hydrogen-bond donors (Lipinski definition) is 0. The molecule has 1 aliphatic heterocycles. The van der Waals surface area contributed by atoms with Crippen molar-refractivity contribution in [3.63, 3.8) is 0 Å². The maximum absolute atomic E-state index is 11.6. The number of halogens is 4. The zero-order valence-electron chi connectivity index (χ0n) is 12.9. The second-order valence-corrected chi connectivity index (χ2v) is 5.74. The van der Waals surface area contributed by atoms with Gasteiger partial charge in [0.15, 0.2) is 17.9 Å². The predicted molar refractivity (Wildman–Crippen MR) is 74.8 cm³/mol. The number of nitrogens with zero attached hydrogens (tertiary/aromatic N) is 1. The van der Waals surface area contributed by atoms with Crippen LogP contribution in [0.2, 0.25) is 0 Å². The van der Waals surface area contributed by atoms with Gasteiger partial charge in [-0.3, -0.25) is 4.79 Å². The molecule has 0 aliphatic carbocycles. The lowest BCUT2D eigenvalue weighted by molar-refractivity contribution is -0.716. The Kier molecular flexibility index (Phi) is 5.96. The first-order chi connectivity index (χ1) is 10.0. The minimum absolute atomic E-state index is 0.0995. The molecule has 0 saturated carbocycles. The first kappa shape index (κ1) is 18.5. The van der Waals surface area contributed by atoms with Gasteiger partial charge in [0.2, 0.25) is 0 Å². The molecule has 2 rings (SSSR count). The zero-order chi connectivity index (χ0) is 17.0. The first-order valence-electron chi connectivity index (χ1n) is 7.08.